The van der Waals surface area contributed by atoms with Crippen molar-refractivity contribution in [3.8, 4) is 0 Å². The van der Waals surface area contributed by atoms with Gasteiger partial charge in [0.15, 0.2) is 6.10 Å². The fraction of sp³-hybridized carbons (Fsp3) is 0.855. The molecule has 0 heterocycles. The quantitative estimate of drug-likeness (QED) is 0.0347. The Morgan fingerprint density at radius 1 is 0.367 bits per heavy atom. The van der Waals surface area contributed by atoms with E-state index in [0.29, 0.717) is 19.4 Å². The fourth-order valence-electron chi connectivity index (χ4n) is 7.65. The summed E-state index contributed by atoms with van der Waals surface area (Å²) in [5, 5.41) is 0. The summed E-state index contributed by atoms with van der Waals surface area (Å²) >= 11 is 0. The Morgan fingerprint density at radius 2 is 0.750 bits per heavy atom. The molecule has 0 rings (SSSR count). The van der Waals surface area contributed by atoms with Crippen LogP contribution in [0.15, 0.2) is 36.5 Å². The van der Waals surface area contributed by atoms with Gasteiger partial charge >= 0.3 is 11.9 Å². The minimum absolute atomic E-state index is 0.0818. The summed E-state index contributed by atoms with van der Waals surface area (Å²) in [5.74, 6) is -0.403. The molecule has 60 heavy (non-hydrogen) atoms. The molecule has 0 aliphatic carbocycles. The maximum Gasteiger partial charge on any atom is 0.306 e. The molecule has 0 aliphatic heterocycles. The number of hydrogen-bond donors (Lipinski definition) is 0. The van der Waals surface area contributed by atoms with Gasteiger partial charge in [0.1, 0.15) is 6.61 Å². The van der Waals surface area contributed by atoms with Gasteiger partial charge in [-0.1, -0.05) is 237 Å². The van der Waals surface area contributed by atoms with Crippen molar-refractivity contribution >= 4 is 11.9 Å². The molecular weight excluding hydrogens is 741 g/mol. The van der Waals surface area contributed by atoms with Crippen LogP contribution < -0.4 is 0 Å². The number of allylic oxidation sites excluding steroid dienone is 6. The van der Waals surface area contributed by atoms with Crippen molar-refractivity contribution in [1.82, 2.24) is 0 Å². The van der Waals surface area contributed by atoms with Gasteiger partial charge in [-0.15, -0.1) is 0 Å². The molecular formula is C55H102O5. The van der Waals surface area contributed by atoms with Crippen molar-refractivity contribution < 1.29 is 23.8 Å². The highest BCUT2D eigenvalue weighted by Crippen LogP contribution is 2.16. The number of carbonyl (C=O) groups is 2. The zero-order valence-corrected chi connectivity index (χ0v) is 40.5. The lowest BCUT2D eigenvalue weighted by Gasteiger charge is -2.18. The van der Waals surface area contributed by atoms with Crippen LogP contribution in [0.5, 0.6) is 0 Å². The van der Waals surface area contributed by atoms with E-state index in [-0.39, 0.29) is 25.2 Å². The van der Waals surface area contributed by atoms with Gasteiger partial charge in [0.25, 0.3) is 0 Å². The first-order chi connectivity index (χ1) is 29.6. The van der Waals surface area contributed by atoms with Gasteiger partial charge in [0.2, 0.25) is 0 Å². The maximum atomic E-state index is 12.8. The van der Waals surface area contributed by atoms with Crippen LogP contribution in [0, 0.1) is 0 Å². The first kappa shape index (κ1) is 58.1. The van der Waals surface area contributed by atoms with E-state index in [1.807, 2.05) is 0 Å². The summed E-state index contributed by atoms with van der Waals surface area (Å²) in [4.78, 5) is 25.4. The highest BCUT2D eigenvalue weighted by atomic mass is 16.6. The number of carbonyl (C=O) groups excluding carboxylic acids is 2. The monoisotopic (exact) mass is 843 g/mol. The summed E-state index contributed by atoms with van der Waals surface area (Å²) in [6.45, 7) is 7.75. The molecule has 0 fully saturated rings. The molecule has 0 saturated heterocycles. The standard InChI is InChI=1S/C55H102O5/c1-4-7-10-13-16-19-22-25-26-27-28-29-30-32-33-36-39-42-45-48-54(56)59-52-53(51-58-50-47-44-41-38-35-24-21-18-15-12-9-6-3)60-55(57)49-46-43-40-37-34-31-23-20-17-14-11-8-5-2/h11,14-15,18,20,23,53H,4-10,12-13,16-17,19,21-22,24-52H2,1-3H3/b14-11-,18-15-,23-20-. The Labute approximate surface area is 374 Å². The highest BCUT2D eigenvalue weighted by molar-refractivity contribution is 5.70. The molecule has 0 aromatic rings. The van der Waals surface area contributed by atoms with Crippen LogP contribution in [0.3, 0.4) is 0 Å². The van der Waals surface area contributed by atoms with Crippen LogP contribution in [0.4, 0.5) is 0 Å². The Morgan fingerprint density at radius 3 is 1.23 bits per heavy atom. The third-order valence-electron chi connectivity index (χ3n) is 11.6. The normalized spacial score (nSPS) is 12.4. The van der Waals surface area contributed by atoms with Crippen molar-refractivity contribution in [2.45, 2.75) is 284 Å². The Kier molecular flexibility index (Phi) is 49.9. The lowest BCUT2D eigenvalue weighted by molar-refractivity contribution is -0.163. The van der Waals surface area contributed by atoms with Crippen LogP contribution in [0.1, 0.15) is 278 Å². The molecule has 0 amide bonds. The highest BCUT2D eigenvalue weighted by Gasteiger charge is 2.17. The molecule has 0 aromatic heterocycles. The lowest BCUT2D eigenvalue weighted by atomic mass is 10.0. The third kappa shape index (κ3) is 48.8. The van der Waals surface area contributed by atoms with Crippen molar-refractivity contribution in [1.29, 1.82) is 0 Å². The van der Waals surface area contributed by atoms with Crippen LogP contribution in [-0.2, 0) is 23.8 Å². The number of hydrogen-bond acceptors (Lipinski definition) is 5. The topological polar surface area (TPSA) is 61.8 Å². The molecule has 1 atom stereocenters. The first-order valence-electron chi connectivity index (χ1n) is 26.5. The molecule has 0 N–H and O–H groups in total. The summed E-state index contributed by atoms with van der Waals surface area (Å²) in [7, 11) is 0. The molecule has 0 aliphatic rings. The number of rotatable bonds is 49. The van der Waals surface area contributed by atoms with Gasteiger partial charge in [-0.25, -0.2) is 0 Å². The number of ether oxygens (including phenoxy) is 3. The van der Waals surface area contributed by atoms with E-state index in [4.69, 9.17) is 14.2 Å². The number of esters is 2. The molecule has 0 bridgehead atoms. The van der Waals surface area contributed by atoms with Crippen molar-refractivity contribution in [3.63, 3.8) is 0 Å². The molecule has 5 heteroatoms. The van der Waals surface area contributed by atoms with E-state index in [1.54, 1.807) is 0 Å². The molecule has 0 spiro atoms. The Hall–Kier alpha value is -1.88. The summed E-state index contributed by atoms with van der Waals surface area (Å²) in [6, 6.07) is 0. The maximum absolute atomic E-state index is 12.8. The lowest BCUT2D eigenvalue weighted by Crippen LogP contribution is -2.30. The summed E-state index contributed by atoms with van der Waals surface area (Å²) < 4.78 is 17.4. The largest absolute Gasteiger partial charge is 0.462 e. The van der Waals surface area contributed by atoms with Crippen LogP contribution in [0.2, 0.25) is 0 Å². The van der Waals surface area contributed by atoms with Crippen molar-refractivity contribution in [3.05, 3.63) is 36.5 Å². The van der Waals surface area contributed by atoms with Gasteiger partial charge in [-0.3, -0.25) is 9.59 Å². The van der Waals surface area contributed by atoms with Crippen molar-refractivity contribution in [2.75, 3.05) is 19.8 Å². The zero-order valence-electron chi connectivity index (χ0n) is 40.5. The molecule has 1 unspecified atom stereocenters. The van der Waals surface area contributed by atoms with Crippen LogP contribution >= 0.6 is 0 Å². The van der Waals surface area contributed by atoms with E-state index in [1.165, 1.54) is 186 Å². The predicted octanol–water partition coefficient (Wildman–Crippen LogP) is 17.8. The molecule has 0 aromatic carbocycles. The smallest absolute Gasteiger partial charge is 0.306 e. The average molecular weight is 843 g/mol. The SMILES string of the molecule is CCC/C=C\C/C=C\CCCCCCCC(=O)OC(COCCCCCCCC/C=C\CCCC)COC(=O)CCCCCCCCCCCCCCCCCCCCC. The predicted molar refractivity (Wildman–Crippen MR) is 261 cm³/mol. The Balaban J connectivity index is 4.18. The molecule has 5 nitrogen and oxygen atoms in total. The van der Waals surface area contributed by atoms with Crippen molar-refractivity contribution in [2.24, 2.45) is 0 Å². The average Bonchev–Trinajstić information content (AvgIpc) is 3.25. The van der Waals surface area contributed by atoms with Gasteiger partial charge in [-0.2, -0.15) is 0 Å². The molecule has 352 valence electrons. The van der Waals surface area contributed by atoms with Gasteiger partial charge in [0, 0.05) is 19.4 Å². The van der Waals surface area contributed by atoms with Gasteiger partial charge in [0.05, 0.1) is 6.61 Å². The minimum Gasteiger partial charge on any atom is -0.462 e. The second-order valence-electron chi connectivity index (χ2n) is 17.8. The van der Waals surface area contributed by atoms with Gasteiger partial charge < -0.3 is 14.2 Å². The summed E-state index contributed by atoms with van der Waals surface area (Å²) in [5.41, 5.74) is 0. The summed E-state index contributed by atoms with van der Waals surface area (Å²) in [6.07, 6.45) is 61.6. The molecule has 0 radical (unpaired) electrons. The Bertz CT molecular complexity index is 955. The van der Waals surface area contributed by atoms with Crippen LogP contribution in [-0.4, -0.2) is 37.9 Å². The third-order valence-corrected chi connectivity index (χ3v) is 11.6. The van der Waals surface area contributed by atoms with E-state index < -0.39 is 6.10 Å². The number of unbranched alkanes of at least 4 members (excludes halogenated alkanes) is 32. The van der Waals surface area contributed by atoms with Gasteiger partial charge in [-0.05, 0) is 64.2 Å². The second-order valence-corrected chi connectivity index (χ2v) is 17.8. The fourth-order valence-corrected chi connectivity index (χ4v) is 7.65. The first-order valence-corrected chi connectivity index (χ1v) is 26.5. The van der Waals surface area contributed by atoms with E-state index >= 15 is 0 Å². The van der Waals surface area contributed by atoms with E-state index in [9.17, 15) is 9.59 Å². The second kappa shape index (κ2) is 51.5. The molecule has 0 saturated carbocycles. The van der Waals surface area contributed by atoms with E-state index in [0.717, 1.165) is 57.8 Å². The zero-order chi connectivity index (χ0) is 43.5. The van der Waals surface area contributed by atoms with Crippen LogP contribution in [0.25, 0.3) is 0 Å². The minimum atomic E-state index is -0.541. The van der Waals surface area contributed by atoms with E-state index in [2.05, 4.69) is 57.2 Å².